The number of nitrogens with zero attached hydrogens (tertiary/aromatic N) is 2. The fraction of sp³-hybridized carbons (Fsp3) is 0.632. The molecule has 31 heavy (non-hydrogen) atoms. The van der Waals surface area contributed by atoms with Crippen LogP contribution in [0.5, 0.6) is 0 Å². The van der Waals surface area contributed by atoms with Crippen molar-refractivity contribution in [1.29, 1.82) is 0 Å². The second-order valence-electron chi connectivity index (χ2n) is 7.48. The van der Waals surface area contributed by atoms with E-state index in [1.807, 2.05) is 0 Å². The molecule has 174 valence electrons. The van der Waals surface area contributed by atoms with E-state index in [4.69, 9.17) is 21.1 Å². The molecule has 12 heteroatoms. The van der Waals surface area contributed by atoms with Crippen LogP contribution in [0.15, 0.2) is 23.1 Å². The fourth-order valence-corrected chi connectivity index (χ4v) is 5.44. The Labute approximate surface area is 184 Å². The first-order chi connectivity index (χ1) is 14.5. The van der Waals surface area contributed by atoms with E-state index in [1.165, 1.54) is 4.90 Å². The smallest absolute Gasteiger partial charge is 0.376 e. The highest BCUT2D eigenvalue weighted by atomic mass is 35.5. The highest BCUT2D eigenvalue weighted by molar-refractivity contribution is 7.89. The van der Waals surface area contributed by atoms with Gasteiger partial charge in [0.15, 0.2) is 0 Å². The third-order valence-corrected chi connectivity index (χ3v) is 7.71. The molecule has 2 aliphatic heterocycles. The average molecular weight is 485 g/mol. The number of sulfonamides is 1. The minimum absolute atomic E-state index is 0.0190. The highest BCUT2D eigenvalue weighted by Gasteiger charge is 2.36. The number of piperazine rings is 1. The quantitative estimate of drug-likeness (QED) is 0.620. The molecule has 2 atom stereocenters. The standard InChI is InChI=1S/C19H24ClF3N2O5S/c1-13(30-12-15-3-2-10-29-15)18(26)24-6-8-25(9-7-24)31(27,28)17-11-14(19(21,22)23)4-5-16(17)20/h4-5,11,13,15H,2-3,6-10,12H2,1H3. The number of alkyl halides is 3. The Hall–Kier alpha value is -1.40. The van der Waals surface area contributed by atoms with Gasteiger partial charge in [0.1, 0.15) is 11.0 Å². The monoisotopic (exact) mass is 484 g/mol. The number of hydrogen-bond acceptors (Lipinski definition) is 5. The molecular weight excluding hydrogens is 461 g/mol. The van der Waals surface area contributed by atoms with Crippen LogP contribution >= 0.6 is 11.6 Å². The lowest BCUT2D eigenvalue weighted by Crippen LogP contribution is -2.52. The lowest BCUT2D eigenvalue weighted by atomic mass is 10.2. The summed E-state index contributed by atoms with van der Waals surface area (Å²) in [6.07, 6.45) is -3.57. The molecule has 3 rings (SSSR count). The van der Waals surface area contributed by atoms with Crippen LogP contribution in [0.25, 0.3) is 0 Å². The molecule has 0 N–H and O–H groups in total. The van der Waals surface area contributed by atoms with Gasteiger partial charge < -0.3 is 14.4 Å². The zero-order chi connectivity index (χ0) is 22.8. The Balaban J connectivity index is 1.61. The Morgan fingerprint density at radius 2 is 1.97 bits per heavy atom. The molecule has 2 unspecified atom stereocenters. The Bertz CT molecular complexity index is 898. The van der Waals surface area contributed by atoms with Crippen LogP contribution in [0.3, 0.4) is 0 Å². The van der Waals surface area contributed by atoms with Crippen molar-refractivity contribution in [3.05, 3.63) is 28.8 Å². The summed E-state index contributed by atoms with van der Waals surface area (Å²) in [7, 11) is -4.25. The molecule has 2 saturated heterocycles. The van der Waals surface area contributed by atoms with E-state index in [-0.39, 0.29) is 43.2 Å². The topological polar surface area (TPSA) is 76.2 Å². The number of hydrogen-bond donors (Lipinski definition) is 0. The lowest BCUT2D eigenvalue weighted by Gasteiger charge is -2.35. The average Bonchev–Trinajstić information content (AvgIpc) is 3.24. The number of amides is 1. The number of rotatable bonds is 6. The molecule has 1 aromatic rings. The van der Waals surface area contributed by atoms with Crippen LogP contribution in [-0.2, 0) is 30.5 Å². The summed E-state index contributed by atoms with van der Waals surface area (Å²) < 4.78 is 76.8. The molecule has 0 bridgehead atoms. The van der Waals surface area contributed by atoms with Crippen molar-refractivity contribution in [2.75, 3.05) is 39.4 Å². The van der Waals surface area contributed by atoms with E-state index >= 15 is 0 Å². The van der Waals surface area contributed by atoms with Crippen molar-refractivity contribution in [1.82, 2.24) is 9.21 Å². The van der Waals surface area contributed by atoms with Crippen LogP contribution in [-0.4, -0.2) is 75.1 Å². The lowest BCUT2D eigenvalue weighted by molar-refractivity contribution is -0.145. The first kappa shape index (κ1) is 24.2. The summed E-state index contributed by atoms with van der Waals surface area (Å²) in [4.78, 5) is 13.5. The van der Waals surface area contributed by atoms with Gasteiger partial charge in [-0.05, 0) is 38.0 Å². The van der Waals surface area contributed by atoms with Gasteiger partial charge in [0.25, 0.3) is 5.91 Å². The van der Waals surface area contributed by atoms with E-state index in [0.29, 0.717) is 19.3 Å². The molecule has 2 aliphatic rings. The second kappa shape index (κ2) is 9.62. The van der Waals surface area contributed by atoms with Crippen molar-refractivity contribution in [3.8, 4) is 0 Å². The molecule has 0 aliphatic carbocycles. The summed E-state index contributed by atoms with van der Waals surface area (Å²) in [5, 5.41) is -0.289. The molecule has 1 amide bonds. The minimum Gasteiger partial charge on any atom is -0.376 e. The minimum atomic E-state index is -4.69. The van der Waals surface area contributed by atoms with Gasteiger partial charge in [0.2, 0.25) is 10.0 Å². The van der Waals surface area contributed by atoms with E-state index < -0.39 is 32.8 Å². The number of halogens is 4. The van der Waals surface area contributed by atoms with Gasteiger partial charge >= 0.3 is 6.18 Å². The largest absolute Gasteiger partial charge is 0.416 e. The molecular formula is C19H24ClF3N2O5S. The summed E-state index contributed by atoms with van der Waals surface area (Å²) in [6, 6.07) is 2.19. The summed E-state index contributed by atoms with van der Waals surface area (Å²) in [5.41, 5.74) is -1.10. The van der Waals surface area contributed by atoms with Crippen molar-refractivity contribution >= 4 is 27.5 Å². The van der Waals surface area contributed by atoms with Crippen molar-refractivity contribution in [2.45, 2.75) is 43.0 Å². The van der Waals surface area contributed by atoms with Gasteiger partial charge in [-0.3, -0.25) is 4.79 Å². The van der Waals surface area contributed by atoms with Crippen LogP contribution in [0, 0.1) is 0 Å². The molecule has 0 aromatic heterocycles. The summed E-state index contributed by atoms with van der Waals surface area (Å²) >= 11 is 5.89. The van der Waals surface area contributed by atoms with Gasteiger partial charge in [-0.15, -0.1) is 0 Å². The van der Waals surface area contributed by atoms with E-state index in [2.05, 4.69) is 0 Å². The molecule has 0 spiro atoms. The first-order valence-electron chi connectivity index (χ1n) is 9.89. The maximum Gasteiger partial charge on any atom is 0.416 e. The first-order valence-corrected chi connectivity index (χ1v) is 11.7. The zero-order valence-corrected chi connectivity index (χ0v) is 18.5. The SMILES string of the molecule is CC(OCC1CCCO1)C(=O)N1CCN(S(=O)(=O)c2cc(C(F)(F)F)ccc2Cl)CC1. The van der Waals surface area contributed by atoms with E-state index in [9.17, 15) is 26.4 Å². The third kappa shape index (κ3) is 5.70. The van der Waals surface area contributed by atoms with Gasteiger partial charge in [-0.1, -0.05) is 11.6 Å². The summed E-state index contributed by atoms with van der Waals surface area (Å²) in [6.45, 7) is 2.71. The van der Waals surface area contributed by atoms with Crippen molar-refractivity contribution in [2.24, 2.45) is 0 Å². The molecule has 2 heterocycles. The Morgan fingerprint density at radius 1 is 1.29 bits per heavy atom. The number of carbonyl (C=O) groups is 1. The Kier molecular flexibility index (Phi) is 7.52. The van der Waals surface area contributed by atoms with Gasteiger partial charge in [0.05, 0.1) is 23.3 Å². The number of ether oxygens (including phenoxy) is 2. The van der Waals surface area contributed by atoms with E-state index in [0.717, 1.165) is 29.3 Å². The van der Waals surface area contributed by atoms with Crippen LogP contribution in [0.2, 0.25) is 5.02 Å². The molecule has 0 radical (unpaired) electrons. The van der Waals surface area contributed by atoms with Crippen LogP contribution in [0.1, 0.15) is 25.3 Å². The number of benzene rings is 1. The van der Waals surface area contributed by atoms with Crippen LogP contribution < -0.4 is 0 Å². The molecule has 7 nitrogen and oxygen atoms in total. The summed E-state index contributed by atoms with van der Waals surface area (Å²) in [5.74, 6) is -0.271. The van der Waals surface area contributed by atoms with Crippen molar-refractivity contribution < 1.29 is 35.9 Å². The Morgan fingerprint density at radius 3 is 2.55 bits per heavy atom. The predicted octanol–water partition coefficient (Wildman–Crippen LogP) is 2.78. The highest BCUT2D eigenvalue weighted by Crippen LogP contribution is 2.34. The van der Waals surface area contributed by atoms with Crippen LogP contribution in [0.4, 0.5) is 13.2 Å². The third-order valence-electron chi connectivity index (χ3n) is 5.33. The number of carbonyl (C=O) groups excluding carboxylic acids is 1. The van der Waals surface area contributed by atoms with Gasteiger partial charge in [-0.2, -0.15) is 17.5 Å². The normalized spacial score (nSPS) is 22.0. The van der Waals surface area contributed by atoms with Gasteiger partial charge in [-0.25, -0.2) is 8.42 Å². The molecule has 1 aromatic carbocycles. The molecule has 2 fully saturated rings. The van der Waals surface area contributed by atoms with Crippen molar-refractivity contribution in [3.63, 3.8) is 0 Å². The predicted molar refractivity (Wildman–Crippen MR) is 106 cm³/mol. The van der Waals surface area contributed by atoms with E-state index in [1.54, 1.807) is 6.92 Å². The maximum atomic E-state index is 13.0. The molecule has 0 saturated carbocycles. The fourth-order valence-electron chi connectivity index (χ4n) is 3.52. The second-order valence-corrected chi connectivity index (χ2v) is 9.80. The maximum absolute atomic E-state index is 13.0. The van der Waals surface area contributed by atoms with Gasteiger partial charge in [0, 0.05) is 32.8 Å². The zero-order valence-electron chi connectivity index (χ0n) is 16.9.